The summed E-state index contributed by atoms with van der Waals surface area (Å²) in [6.45, 7) is 6.51. The molecule has 0 aliphatic carbocycles. The lowest BCUT2D eigenvalue weighted by Gasteiger charge is -2.35. The van der Waals surface area contributed by atoms with E-state index < -0.39 is 0 Å². The van der Waals surface area contributed by atoms with Crippen molar-refractivity contribution in [1.29, 1.82) is 0 Å². The Bertz CT molecular complexity index is 794. The Morgan fingerprint density at radius 3 is 2.64 bits per heavy atom. The van der Waals surface area contributed by atoms with Crippen molar-refractivity contribution in [2.24, 2.45) is 0 Å². The molecule has 1 amide bonds. The zero-order valence-electron chi connectivity index (χ0n) is 14.4. The number of nitrogens with zero attached hydrogens (tertiary/aromatic N) is 5. The van der Waals surface area contributed by atoms with Crippen LogP contribution in [0.2, 0.25) is 0 Å². The molecule has 3 rings (SSSR count). The lowest BCUT2D eigenvalue weighted by molar-refractivity contribution is -0.137. The molecule has 1 saturated heterocycles. The number of rotatable bonds is 3. The summed E-state index contributed by atoms with van der Waals surface area (Å²) in [7, 11) is 0. The van der Waals surface area contributed by atoms with Crippen LogP contribution >= 0.6 is 0 Å². The fourth-order valence-corrected chi connectivity index (χ4v) is 2.93. The second-order valence-corrected chi connectivity index (χ2v) is 6.19. The maximum absolute atomic E-state index is 13.5. The summed E-state index contributed by atoms with van der Waals surface area (Å²) < 4.78 is 20.6. The number of carbonyl (C=O) groups excluding carboxylic acids is 1. The quantitative estimate of drug-likeness (QED) is 0.793. The molecule has 0 N–H and O–H groups in total. The molecule has 0 saturated carbocycles. The third-order valence-corrected chi connectivity index (χ3v) is 3.93. The van der Waals surface area contributed by atoms with Gasteiger partial charge in [0.2, 0.25) is 0 Å². The molecule has 1 aliphatic rings. The van der Waals surface area contributed by atoms with E-state index in [9.17, 15) is 9.18 Å². The van der Waals surface area contributed by atoms with Crippen LogP contribution in [0, 0.1) is 12.7 Å². The van der Waals surface area contributed by atoms with E-state index in [4.69, 9.17) is 4.74 Å². The average Bonchev–Trinajstić information content (AvgIpc) is 2.97. The van der Waals surface area contributed by atoms with Crippen molar-refractivity contribution in [2.75, 3.05) is 13.1 Å². The summed E-state index contributed by atoms with van der Waals surface area (Å²) in [5.41, 5.74) is 0.835. The summed E-state index contributed by atoms with van der Waals surface area (Å²) in [5.74, 6) is -0.116. The van der Waals surface area contributed by atoms with Gasteiger partial charge in [-0.1, -0.05) is 12.1 Å². The second kappa shape index (κ2) is 7.10. The van der Waals surface area contributed by atoms with Gasteiger partial charge in [-0.3, -0.25) is 4.79 Å². The molecule has 0 radical (unpaired) electrons. The molecule has 1 aliphatic heterocycles. The van der Waals surface area contributed by atoms with Crippen LogP contribution in [0.4, 0.5) is 4.39 Å². The number of morpholine rings is 1. The standard InChI is InChI=1S/C17H20FN5O2/c1-11-9-22(10-12(2)25-11)17(24)16(23-13(3)19-20-21-23)8-14-5-4-6-15(18)7-14/h4-8,11-12H,9-10H2,1-3H3/b16-8-. The number of amides is 1. The van der Waals surface area contributed by atoms with Gasteiger partial charge in [-0.2, -0.15) is 4.68 Å². The SMILES string of the molecule is Cc1nnnn1/C(=C\c1cccc(F)c1)C(=O)N1CC(C)OC(C)C1. The molecular formula is C17H20FN5O2. The van der Waals surface area contributed by atoms with Crippen LogP contribution in [0.25, 0.3) is 11.8 Å². The van der Waals surface area contributed by atoms with Crippen molar-refractivity contribution in [3.63, 3.8) is 0 Å². The Kier molecular flexibility index (Phi) is 4.89. The van der Waals surface area contributed by atoms with E-state index in [0.717, 1.165) is 0 Å². The molecule has 7 nitrogen and oxygen atoms in total. The maximum Gasteiger partial charge on any atom is 0.272 e. The van der Waals surface area contributed by atoms with Gasteiger partial charge < -0.3 is 9.64 Å². The van der Waals surface area contributed by atoms with Gasteiger partial charge in [0, 0.05) is 13.1 Å². The monoisotopic (exact) mass is 345 g/mol. The van der Waals surface area contributed by atoms with Crippen molar-refractivity contribution in [1.82, 2.24) is 25.1 Å². The Balaban J connectivity index is 1.99. The second-order valence-electron chi connectivity index (χ2n) is 6.19. The third-order valence-electron chi connectivity index (χ3n) is 3.93. The number of ether oxygens (including phenoxy) is 1. The van der Waals surface area contributed by atoms with Crippen LogP contribution in [0.5, 0.6) is 0 Å². The number of benzene rings is 1. The Morgan fingerprint density at radius 2 is 2.04 bits per heavy atom. The first-order chi connectivity index (χ1) is 11.9. The summed E-state index contributed by atoms with van der Waals surface area (Å²) >= 11 is 0. The first kappa shape index (κ1) is 17.2. The molecule has 8 heteroatoms. The zero-order chi connectivity index (χ0) is 18.0. The summed E-state index contributed by atoms with van der Waals surface area (Å²) in [6.07, 6.45) is 1.48. The normalized spacial score (nSPS) is 21.4. The molecule has 2 aromatic rings. The van der Waals surface area contributed by atoms with Gasteiger partial charge in [0.15, 0.2) is 5.82 Å². The van der Waals surface area contributed by atoms with Gasteiger partial charge in [-0.25, -0.2) is 4.39 Å². The predicted molar refractivity (Wildman–Crippen MR) is 89.7 cm³/mol. The van der Waals surface area contributed by atoms with Gasteiger partial charge in [-0.15, -0.1) is 5.10 Å². The van der Waals surface area contributed by atoms with Crippen molar-refractivity contribution < 1.29 is 13.9 Å². The van der Waals surface area contributed by atoms with Gasteiger partial charge in [-0.05, 0) is 55.0 Å². The molecule has 0 bridgehead atoms. The van der Waals surface area contributed by atoms with Crippen LogP contribution in [0.3, 0.4) is 0 Å². The zero-order valence-corrected chi connectivity index (χ0v) is 14.4. The predicted octanol–water partition coefficient (Wildman–Crippen LogP) is 1.75. The van der Waals surface area contributed by atoms with E-state index in [1.165, 1.54) is 16.8 Å². The minimum absolute atomic E-state index is 0.0573. The molecule has 1 fully saturated rings. The molecule has 1 aromatic carbocycles. The van der Waals surface area contributed by atoms with Gasteiger partial charge in [0.05, 0.1) is 12.2 Å². The van der Waals surface area contributed by atoms with E-state index in [-0.39, 0.29) is 29.6 Å². The van der Waals surface area contributed by atoms with Crippen molar-refractivity contribution in [2.45, 2.75) is 33.0 Å². The van der Waals surface area contributed by atoms with E-state index in [1.54, 1.807) is 30.0 Å². The lowest BCUT2D eigenvalue weighted by atomic mass is 10.1. The minimum Gasteiger partial charge on any atom is -0.372 e. The van der Waals surface area contributed by atoms with Gasteiger partial charge in [0.25, 0.3) is 5.91 Å². The molecule has 25 heavy (non-hydrogen) atoms. The highest BCUT2D eigenvalue weighted by atomic mass is 19.1. The fraction of sp³-hybridized carbons (Fsp3) is 0.412. The van der Waals surface area contributed by atoms with Crippen LogP contribution < -0.4 is 0 Å². The van der Waals surface area contributed by atoms with Gasteiger partial charge >= 0.3 is 0 Å². The minimum atomic E-state index is -0.373. The molecular weight excluding hydrogens is 325 g/mol. The summed E-state index contributed by atoms with van der Waals surface area (Å²) in [5, 5.41) is 11.4. The molecule has 2 heterocycles. The Morgan fingerprint density at radius 1 is 1.32 bits per heavy atom. The molecule has 2 atom stereocenters. The van der Waals surface area contributed by atoms with Gasteiger partial charge in [0.1, 0.15) is 11.5 Å². The van der Waals surface area contributed by atoms with Crippen LogP contribution in [-0.4, -0.2) is 56.3 Å². The first-order valence-corrected chi connectivity index (χ1v) is 8.11. The highest BCUT2D eigenvalue weighted by Crippen LogP contribution is 2.19. The average molecular weight is 345 g/mol. The number of carbonyl (C=O) groups is 1. The number of tetrazole rings is 1. The largest absolute Gasteiger partial charge is 0.372 e. The molecule has 1 aromatic heterocycles. The Labute approximate surface area is 145 Å². The summed E-state index contributed by atoms with van der Waals surface area (Å²) in [4.78, 5) is 14.8. The summed E-state index contributed by atoms with van der Waals surface area (Å²) in [6, 6.07) is 6.03. The number of aryl methyl sites for hydroxylation is 1. The van der Waals surface area contributed by atoms with Crippen molar-refractivity contribution in [3.8, 4) is 0 Å². The lowest BCUT2D eigenvalue weighted by Crippen LogP contribution is -2.48. The molecule has 0 spiro atoms. The van der Waals surface area contributed by atoms with Crippen LogP contribution in [-0.2, 0) is 9.53 Å². The van der Waals surface area contributed by atoms with Crippen LogP contribution in [0.15, 0.2) is 24.3 Å². The number of aromatic nitrogens is 4. The molecule has 2 unspecified atom stereocenters. The van der Waals surface area contributed by atoms with Crippen molar-refractivity contribution in [3.05, 3.63) is 41.5 Å². The fourth-order valence-electron chi connectivity index (χ4n) is 2.93. The topological polar surface area (TPSA) is 73.1 Å². The van der Waals surface area contributed by atoms with E-state index in [0.29, 0.717) is 24.5 Å². The number of halogens is 1. The van der Waals surface area contributed by atoms with E-state index in [2.05, 4.69) is 15.5 Å². The highest BCUT2D eigenvalue weighted by Gasteiger charge is 2.29. The maximum atomic E-state index is 13.5. The number of hydrogen-bond donors (Lipinski definition) is 0. The number of hydrogen-bond acceptors (Lipinski definition) is 5. The first-order valence-electron chi connectivity index (χ1n) is 8.11. The molecule has 132 valence electrons. The van der Waals surface area contributed by atoms with E-state index in [1.807, 2.05) is 13.8 Å². The Hall–Kier alpha value is -2.61. The third kappa shape index (κ3) is 3.90. The van der Waals surface area contributed by atoms with Crippen LogP contribution in [0.1, 0.15) is 25.2 Å². The smallest absolute Gasteiger partial charge is 0.272 e. The van der Waals surface area contributed by atoms with Crippen molar-refractivity contribution >= 4 is 17.7 Å². The van der Waals surface area contributed by atoms with E-state index >= 15 is 0 Å². The highest BCUT2D eigenvalue weighted by molar-refractivity contribution is 6.18.